The van der Waals surface area contributed by atoms with Gasteiger partial charge >= 0.3 is 0 Å². The molecule has 2 aromatic heterocycles. The number of aryl methyl sites for hydroxylation is 2. The number of hydrogen-bond donors (Lipinski definition) is 1. The molecule has 2 aromatic rings. The zero-order valence-electron chi connectivity index (χ0n) is 9.24. The van der Waals surface area contributed by atoms with Crippen molar-refractivity contribution in [1.29, 1.82) is 0 Å². The van der Waals surface area contributed by atoms with Crippen LogP contribution in [-0.4, -0.2) is 9.78 Å². The number of nitrogens with zero attached hydrogens (tertiary/aromatic N) is 2. The number of anilines is 1. The standard InChI is InChI=1S/C11H15N3S/c1-4-8-5-6-9(15-8)10-7(2)11(12)14(3)13-10/h5-6H,4,12H2,1-3H3. The number of thiophene rings is 1. The Morgan fingerprint density at radius 1 is 1.47 bits per heavy atom. The average Bonchev–Trinajstić information content (AvgIpc) is 2.79. The van der Waals surface area contributed by atoms with E-state index in [1.54, 1.807) is 16.0 Å². The molecule has 0 aliphatic carbocycles. The molecule has 0 bridgehead atoms. The van der Waals surface area contributed by atoms with Crippen molar-refractivity contribution < 1.29 is 0 Å². The lowest BCUT2D eigenvalue weighted by Gasteiger charge is -1.92. The van der Waals surface area contributed by atoms with E-state index in [-0.39, 0.29) is 0 Å². The van der Waals surface area contributed by atoms with E-state index in [1.165, 1.54) is 9.75 Å². The summed E-state index contributed by atoms with van der Waals surface area (Å²) in [5.74, 6) is 0.747. The van der Waals surface area contributed by atoms with Gasteiger partial charge in [0.25, 0.3) is 0 Å². The molecule has 0 radical (unpaired) electrons. The van der Waals surface area contributed by atoms with Gasteiger partial charge in [0.05, 0.1) is 4.88 Å². The fourth-order valence-electron chi connectivity index (χ4n) is 1.57. The van der Waals surface area contributed by atoms with Crippen LogP contribution in [0.3, 0.4) is 0 Å². The molecule has 2 N–H and O–H groups in total. The van der Waals surface area contributed by atoms with Crippen molar-refractivity contribution in [3.8, 4) is 10.6 Å². The number of nitrogen functional groups attached to an aromatic ring is 1. The van der Waals surface area contributed by atoms with Crippen LogP contribution in [0.2, 0.25) is 0 Å². The van der Waals surface area contributed by atoms with Crippen molar-refractivity contribution in [1.82, 2.24) is 9.78 Å². The summed E-state index contributed by atoms with van der Waals surface area (Å²) in [4.78, 5) is 2.59. The van der Waals surface area contributed by atoms with E-state index < -0.39 is 0 Å². The highest BCUT2D eigenvalue weighted by molar-refractivity contribution is 7.15. The van der Waals surface area contributed by atoms with Gasteiger partial charge in [0, 0.05) is 17.5 Å². The Morgan fingerprint density at radius 3 is 2.67 bits per heavy atom. The lowest BCUT2D eigenvalue weighted by molar-refractivity contribution is 0.782. The van der Waals surface area contributed by atoms with Crippen LogP contribution in [0.1, 0.15) is 17.4 Å². The van der Waals surface area contributed by atoms with Crippen LogP contribution in [0, 0.1) is 6.92 Å². The first-order valence-corrected chi connectivity index (χ1v) is 5.83. The molecule has 2 heterocycles. The van der Waals surface area contributed by atoms with Gasteiger partial charge in [0.2, 0.25) is 0 Å². The first kappa shape index (κ1) is 10.2. The second-order valence-corrected chi connectivity index (χ2v) is 4.77. The van der Waals surface area contributed by atoms with Crippen molar-refractivity contribution in [3.63, 3.8) is 0 Å². The second-order valence-electron chi connectivity index (χ2n) is 3.60. The Kier molecular flexibility index (Phi) is 2.52. The van der Waals surface area contributed by atoms with E-state index in [4.69, 9.17) is 5.73 Å². The first-order valence-electron chi connectivity index (χ1n) is 5.01. The minimum absolute atomic E-state index is 0.747. The van der Waals surface area contributed by atoms with Gasteiger partial charge in [-0.1, -0.05) is 6.92 Å². The van der Waals surface area contributed by atoms with E-state index in [0.29, 0.717) is 0 Å². The molecule has 0 aromatic carbocycles. The molecule has 0 aliphatic rings. The molecule has 0 spiro atoms. The van der Waals surface area contributed by atoms with E-state index in [1.807, 2.05) is 14.0 Å². The third-order valence-electron chi connectivity index (χ3n) is 2.58. The molecule has 0 aliphatic heterocycles. The van der Waals surface area contributed by atoms with E-state index in [2.05, 4.69) is 24.2 Å². The van der Waals surface area contributed by atoms with Crippen molar-refractivity contribution in [2.24, 2.45) is 7.05 Å². The van der Waals surface area contributed by atoms with Crippen molar-refractivity contribution in [3.05, 3.63) is 22.6 Å². The highest BCUT2D eigenvalue weighted by Gasteiger charge is 2.12. The third-order valence-corrected chi connectivity index (χ3v) is 3.82. The fourth-order valence-corrected chi connectivity index (χ4v) is 2.56. The highest BCUT2D eigenvalue weighted by atomic mass is 32.1. The maximum absolute atomic E-state index is 5.88. The summed E-state index contributed by atoms with van der Waals surface area (Å²) in [7, 11) is 1.88. The van der Waals surface area contributed by atoms with Gasteiger partial charge in [-0.15, -0.1) is 11.3 Å². The van der Waals surface area contributed by atoms with Crippen LogP contribution in [0.4, 0.5) is 5.82 Å². The molecular formula is C11H15N3S. The molecule has 0 saturated heterocycles. The maximum atomic E-state index is 5.88. The van der Waals surface area contributed by atoms with E-state index in [0.717, 1.165) is 23.5 Å². The van der Waals surface area contributed by atoms with E-state index >= 15 is 0 Å². The summed E-state index contributed by atoms with van der Waals surface area (Å²) >= 11 is 1.79. The quantitative estimate of drug-likeness (QED) is 0.847. The van der Waals surface area contributed by atoms with Crippen LogP contribution in [0.25, 0.3) is 10.6 Å². The van der Waals surface area contributed by atoms with Gasteiger partial charge in [-0.3, -0.25) is 4.68 Å². The monoisotopic (exact) mass is 221 g/mol. The number of aromatic nitrogens is 2. The summed E-state index contributed by atoms with van der Waals surface area (Å²) < 4.78 is 1.73. The van der Waals surface area contributed by atoms with Crippen LogP contribution < -0.4 is 5.73 Å². The Hall–Kier alpha value is -1.29. The van der Waals surface area contributed by atoms with Crippen LogP contribution in [-0.2, 0) is 13.5 Å². The minimum atomic E-state index is 0.747. The summed E-state index contributed by atoms with van der Waals surface area (Å²) in [5.41, 5.74) is 7.97. The van der Waals surface area contributed by atoms with Gasteiger partial charge in [0.1, 0.15) is 11.5 Å². The predicted molar refractivity (Wildman–Crippen MR) is 65.0 cm³/mol. The summed E-state index contributed by atoms with van der Waals surface area (Å²) in [6.07, 6.45) is 1.08. The smallest absolute Gasteiger partial charge is 0.124 e. The summed E-state index contributed by atoms with van der Waals surface area (Å²) in [6.45, 7) is 4.18. The number of rotatable bonds is 2. The largest absolute Gasteiger partial charge is 0.384 e. The van der Waals surface area contributed by atoms with Crippen LogP contribution in [0.15, 0.2) is 12.1 Å². The van der Waals surface area contributed by atoms with Gasteiger partial charge < -0.3 is 5.73 Å². The van der Waals surface area contributed by atoms with Gasteiger partial charge in [-0.05, 0) is 25.5 Å². The Balaban J connectivity index is 2.49. The molecule has 4 heteroatoms. The van der Waals surface area contributed by atoms with Gasteiger partial charge in [-0.2, -0.15) is 5.10 Å². The zero-order chi connectivity index (χ0) is 11.0. The van der Waals surface area contributed by atoms with Crippen molar-refractivity contribution in [2.45, 2.75) is 20.3 Å². The lowest BCUT2D eigenvalue weighted by atomic mass is 10.2. The average molecular weight is 221 g/mol. The first-order chi connectivity index (χ1) is 7.13. The lowest BCUT2D eigenvalue weighted by Crippen LogP contribution is -1.97. The zero-order valence-corrected chi connectivity index (χ0v) is 10.1. The molecular weight excluding hydrogens is 206 g/mol. The Morgan fingerprint density at radius 2 is 2.20 bits per heavy atom. The van der Waals surface area contributed by atoms with Gasteiger partial charge in [-0.25, -0.2) is 0 Å². The number of hydrogen-bond acceptors (Lipinski definition) is 3. The van der Waals surface area contributed by atoms with Crippen molar-refractivity contribution in [2.75, 3.05) is 5.73 Å². The molecule has 0 fully saturated rings. The highest BCUT2D eigenvalue weighted by Crippen LogP contribution is 2.31. The molecule has 80 valence electrons. The molecule has 3 nitrogen and oxygen atoms in total. The molecule has 0 amide bonds. The van der Waals surface area contributed by atoms with Crippen LogP contribution >= 0.6 is 11.3 Å². The third kappa shape index (κ3) is 1.65. The topological polar surface area (TPSA) is 43.8 Å². The second kappa shape index (κ2) is 3.70. The van der Waals surface area contributed by atoms with Gasteiger partial charge in [0.15, 0.2) is 0 Å². The summed E-state index contributed by atoms with van der Waals surface area (Å²) in [5, 5.41) is 4.43. The normalized spacial score (nSPS) is 10.9. The molecule has 2 rings (SSSR count). The Bertz CT molecular complexity index is 482. The summed E-state index contributed by atoms with van der Waals surface area (Å²) in [6, 6.07) is 4.28. The van der Waals surface area contributed by atoms with E-state index in [9.17, 15) is 0 Å². The SMILES string of the molecule is CCc1ccc(-c2nn(C)c(N)c2C)s1. The van der Waals surface area contributed by atoms with Crippen molar-refractivity contribution >= 4 is 17.2 Å². The molecule has 15 heavy (non-hydrogen) atoms. The predicted octanol–water partition coefficient (Wildman–Crippen LogP) is 2.60. The molecule has 0 unspecified atom stereocenters. The molecule has 0 atom stereocenters. The fraction of sp³-hybridized carbons (Fsp3) is 0.364. The Labute approximate surface area is 93.5 Å². The number of nitrogens with two attached hydrogens (primary N) is 1. The maximum Gasteiger partial charge on any atom is 0.124 e. The van der Waals surface area contributed by atoms with Crippen LogP contribution in [0.5, 0.6) is 0 Å². The minimum Gasteiger partial charge on any atom is -0.384 e. The molecule has 0 saturated carbocycles.